The Morgan fingerprint density at radius 3 is 2.35 bits per heavy atom. The fraction of sp³-hybridized carbons (Fsp3) is 0.556. The van der Waals surface area contributed by atoms with Crippen LogP contribution in [0.2, 0.25) is 0 Å². The molecule has 0 saturated heterocycles. The molecule has 116 valence electrons. The van der Waals surface area contributed by atoms with Crippen LogP contribution in [0, 0.1) is 0 Å². The molecule has 0 aliphatic rings. The van der Waals surface area contributed by atoms with Crippen molar-refractivity contribution in [1.82, 2.24) is 5.32 Å². The zero-order valence-electron chi connectivity index (χ0n) is 10.4. The van der Waals surface area contributed by atoms with Gasteiger partial charge in [0.2, 0.25) is 0 Å². The number of alkyl carbamates (subject to hydrolysis) is 1. The predicted octanol–water partition coefficient (Wildman–Crippen LogP) is 0.313. The van der Waals surface area contributed by atoms with Gasteiger partial charge in [-0.15, -0.1) is 0 Å². The van der Waals surface area contributed by atoms with Crippen molar-refractivity contribution in [2.24, 2.45) is 0 Å². The molecule has 0 aliphatic heterocycles. The first-order valence-electron chi connectivity index (χ1n) is 5.05. The minimum Gasteiger partial charge on any atom is -0.460 e. The van der Waals surface area contributed by atoms with Gasteiger partial charge in [0, 0.05) is 5.57 Å². The van der Waals surface area contributed by atoms with Crippen LogP contribution in [0.1, 0.15) is 6.92 Å². The zero-order valence-corrected chi connectivity index (χ0v) is 11.2. The van der Waals surface area contributed by atoms with Crippen LogP contribution in [-0.4, -0.2) is 50.0 Å². The van der Waals surface area contributed by atoms with E-state index in [0.29, 0.717) is 0 Å². The molecule has 0 heterocycles. The van der Waals surface area contributed by atoms with E-state index in [1.807, 2.05) is 5.32 Å². The van der Waals surface area contributed by atoms with E-state index in [2.05, 4.69) is 16.1 Å². The molecule has 0 spiro atoms. The first-order valence-corrected chi connectivity index (χ1v) is 6.49. The average Bonchev–Trinajstić information content (AvgIpc) is 2.30. The van der Waals surface area contributed by atoms with Gasteiger partial charge in [0.05, 0.1) is 6.54 Å². The summed E-state index contributed by atoms with van der Waals surface area (Å²) in [5.41, 5.74) is 0.139. The van der Waals surface area contributed by atoms with Crippen molar-refractivity contribution >= 4 is 22.2 Å². The van der Waals surface area contributed by atoms with Crippen molar-refractivity contribution in [3.63, 3.8) is 0 Å². The van der Waals surface area contributed by atoms with Gasteiger partial charge in [-0.1, -0.05) is 6.58 Å². The predicted molar refractivity (Wildman–Crippen MR) is 61.6 cm³/mol. The minimum absolute atomic E-state index is 0.139. The highest BCUT2D eigenvalue weighted by molar-refractivity contribution is 7.86. The summed E-state index contributed by atoms with van der Waals surface area (Å²) >= 11 is 0. The van der Waals surface area contributed by atoms with Crippen LogP contribution in [0.3, 0.4) is 0 Å². The summed E-state index contributed by atoms with van der Waals surface area (Å²) < 4.78 is 62.3. The second kappa shape index (κ2) is 7.14. The summed E-state index contributed by atoms with van der Waals surface area (Å²) in [6, 6.07) is 0. The lowest BCUT2D eigenvalue weighted by Gasteiger charge is -2.13. The molecule has 0 aromatic heterocycles. The molecule has 11 heteroatoms. The number of amides is 1. The van der Waals surface area contributed by atoms with Crippen molar-refractivity contribution in [2.75, 3.05) is 19.8 Å². The highest BCUT2D eigenvalue weighted by Crippen LogP contribution is 2.20. The summed E-state index contributed by atoms with van der Waals surface area (Å²) in [6.45, 7) is 2.36. The third-order valence-corrected chi connectivity index (χ3v) is 2.57. The Bertz CT molecular complexity index is 489. The third kappa shape index (κ3) is 6.43. The van der Waals surface area contributed by atoms with Gasteiger partial charge in [0.25, 0.3) is 0 Å². The molecule has 0 rings (SSSR count). The highest BCUT2D eigenvalue weighted by atomic mass is 32.2. The number of ether oxygens (including phenoxy) is 2. The number of carbonyl (C=O) groups excluding carboxylic acids is 2. The van der Waals surface area contributed by atoms with Gasteiger partial charge in [-0.3, -0.25) is 4.55 Å². The second-order valence-corrected chi connectivity index (χ2v) is 5.08. The van der Waals surface area contributed by atoms with Crippen molar-refractivity contribution in [3.05, 3.63) is 12.2 Å². The molecule has 0 aliphatic carbocycles. The molecule has 1 amide bonds. The van der Waals surface area contributed by atoms with E-state index in [9.17, 15) is 26.8 Å². The van der Waals surface area contributed by atoms with Gasteiger partial charge in [-0.05, 0) is 6.92 Å². The molecule has 0 bridgehead atoms. The zero-order chi connectivity index (χ0) is 16.0. The number of hydrogen-bond donors (Lipinski definition) is 2. The number of nitrogens with one attached hydrogen (secondary N) is 1. The molecule has 0 fully saturated rings. The number of rotatable bonds is 7. The number of carbonyl (C=O) groups is 2. The van der Waals surface area contributed by atoms with E-state index in [1.165, 1.54) is 6.92 Å². The Morgan fingerprint density at radius 2 is 1.90 bits per heavy atom. The maximum atomic E-state index is 12.7. The van der Waals surface area contributed by atoms with Gasteiger partial charge in [-0.25, -0.2) is 9.59 Å². The molecule has 8 nitrogen and oxygen atoms in total. The Morgan fingerprint density at radius 1 is 1.35 bits per heavy atom. The van der Waals surface area contributed by atoms with E-state index >= 15 is 0 Å². The van der Waals surface area contributed by atoms with Crippen molar-refractivity contribution in [3.8, 4) is 0 Å². The van der Waals surface area contributed by atoms with Gasteiger partial charge >= 0.3 is 27.4 Å². The highest BCUT2D eigenvalue weighted by Gasteiger charge is 2.45. The largest absolute Gasteiger partial charge is 0.460 e. The van der Waals surface area contributed by atoms with Crippen molar-refractivity contribution < 1.29 is 40.8 Å². The summed E-state index contributed by atoms with van der Waals surface area (Å²) in [5, 5.41) is -2.68. The Balaban J connectivity index is 3.97. The van der Waals surface area contributed by atoms with Crippen LogP contribution in [-0.2, 0) is 24.4 Å². The maximum Gasteiger partial charge on any atom is 0.407 e. The smallest absolute Gasteiger partial charge is 0.407 e. The number of alkyl halides is 2. The SMILES string of the molecule is C=C(C)C(=O)OCCNC(=O)OCC(F)(F)S(=O)(=O)O. The third-order valence-electron chi connectivity index (χ3n) is 1.70. The molecule has 0 radical (unpaired) electrons. The van der Waals surface area contributed by atoms with Crippen molar-refractivity contribution in [2.45, 2.75) is 12.2 Å². The first kappa shape index (κ1) is 18.2. The number of esters is 1. The molecular weight excluding hydrogens is 304 g/mol. The molecule has 0 atom stereocenters. The molecule has 20 heavy (non-hydrogen) atoms. The Hall–Kier alpha value is -1.75. The van der Waals surface area contributed by atoms with Gasteiger partial charge in [-0.2, -0.15) is 17.2 Å². The van der Waals surface area contributed by atoms with E-state index in [4.69, 9.17) is 4.55 Å². The average molecular weight is 317 g/mol. The van der Waals surface area contributed by atoms with E-state index in [-0.39, 0.29) is 18.7 Å². The van der Waals surface area contributed by atoms with Gasteiger partial charge in [0.1, 0.15) is 6.61 Å². The lowest BCUT2D eigenvalue weighted by atomic mass is 10.4. The lowest BCUT2D eigenvalue weighted by Crippen LogP contribution is -2.37. The van der Waals surface area contributed by atoms with Crippen LogP contribution in [0.15, 0.2) is 12.2 Å². The normalized spacial score (nSPS) is 11.6. The second-order valence-electron chi connectivity index (χ2n) is 3.53. The quantitative estimate of drug-likeness (QED) is 0.300. The molecule has 0 unspecified atom stereocenters. The standard InChI is InChI=1S/C9H13F2NO7S/c1-6(2)7(13)18-4-3-12-8(14)19-5-9(10,11)20(15,16)17/h1,3-5H2,2H3,(H,12,14)(H,15,16,17). The fourth-order valence-corrected chi connectivity index (χ4v) is 0.903. The Labute approximate surface area is 113 Å². The molecular formula is C9H13F2NO7S. The molecule has 0 aromatic rings. The van der Waals surface area contributed by atoms with Crippen LogP contribution < -0.4 is 5.32 Å². The lowest BCUT2D eigenvalue weighted by molar-refractivity contribution is -0.138. The van der Waals surface area contributed by atoms with Crippen LogP contribution in [0.25, 0.3) is 0 Å². The monoisotopic (exact) mass is 317 g/mol. The van der Waals surface area contributed by atoms with E-state index in [1.54, 1.807) is 0 Å². The van der Waals surface area contributed by atoms with E-state index in [0.717, 1.165) is 0 Å². The maximum absolute atomic E-state index is 12.7. The summed E-state index contributed by atoms with van der Waals surface area (Å²) in [4.78, 5) is 21.8. The molecule has 0 saturated carbocycles. The van der Waals surface area contributed by atoms with Gasteiger partial charge < -0.3 is 14.8 Å². The van der Waals surface area contributed by atoms with Crippen LogP contribution in [0.4, 0.5) is 13.6 Å². The molecule has 2 N–H and O–H groups in total. The number of halogens is 2. The van der Waals surface area contributed by atoms with Crippen molar-refractivity contribution in [1.29, 1.82) is 0 Å². The van der Waals surface area contributed by atoms with Gasteiger partial charge in [0.15, 0.2) is 6.61 Å². The van der Waals surface area contributed by atoms with Crippen LogP contribution in [0.5, 0.6) is 0 Å². The summed E-state index contributed by atoms with van der Waals surface area (Å²) in [6.07, 6.45) is -1.36. The fourth-order valence-electron chi connectivity index (χ4n) is 0.695. The summed E-state index contributed by atoms with van der Waals surface area (Å²) in [7, 11) is -5.66. The Kier molecular flexibility index (Phi) is 6.52. The topological polar surface area (TPSA) is 119 Å². The minimum atomic E-state index is -5.66. The molecule has 0 aromatic carbocycles. The number of hydrogen-bond acceptors (Lipinski definition) is 6. The van der Waals surface area contributed by atoms with E-state index < -0.39 is 34.0 Å². The van der Waals surface area contributed by atoms with Crippen LogP contribution >= 0.6 is 0 Å². The summed E-state index contributed by atoms with van der Waals surface area (Å²) in [5.74, 6) is -0.696. The first-order chi connectivity index (χ1) is 8.97.